The number of hydrogen-bond acceptors (Lipinski definition) is 2. The lowest BCUT2D eigenvalue weighted by molar-refractivity contribution is 0.116. The average molecular weight is 240 g/mol. The molecule has 0 aliphatic heterocycles. The van der Waals surface area contributed by atoms with Crippen molar-refractivity contribution < 1.29 is 8.78 Å². The number of nitrogens with two attached hydrogens (primary N) is 1. The summed E-state index contributed by atoms with van der Waals surface area (Å²) in [6, 6.07) is 5.70. The standard InChI is InChI=1S/C9H11F2NS.ClH/c1-13-7-4-2-6(3-5-7)8(12)9(10)11;/h2-5,8-9H,12H2,1H3;1H/t8-;/m0./s1. The Morgan fingerprint density at radius 1 is 1.21 bits per heavy atom. The van der Waals surface area contributed by atoms with E-state index in [1.807, 2.05) is 6.26 Å². The highest BCUT2D eigenvalue weighted by Crippen LogP contribution is 2.21. The molecule has 0 unspecified atom stereocenters. The lowest BCUT2D eigenvalue weighted by atomic mass is 10.1. The highest BCUT2D eigenvalue weighted by atomic mass is 35.5. The minimum absolute atomic E-state index is 0. The normalized spacial score (nSPS) is 12.4. The Hall–Kier alpha value is -0.320. The largest absolute Gasteiger partial charge is 0.319 e. The topological polar surface area (TPSA) is 26.0 Å². The van der Waals surface area contributed by atoms with Gasteiger partial charge in [-0.25, -0.2) is 8.78 Å². The van der Waals surface area contributed by atoms with Gasteiger partial charge < -0.3 is 5.73 Å². The molecule has 14 heavy (non-hydrogen) atoms. The number of thioether (sulfide) groups is 1. The SMILES string of the molecule is CSc1ccc([C@H](N)C(F)F)cc1.Cl. The molecule has 80 valence electrons. The van der Waals surface area contributed by atoms with E-state index in [9.17, 15) is 8.78 Å². The fourth-order valence-corrected chi connectivity index (χ4v) is 1.38. The fourth-order valence-electron chi connectivity index (χ4n) is 0.972. The third-order valence-corrected chi connectivity index (χ3v) is 2.52. The van der Waals surface area contributed by atoms with Crippen molar-refractivity contribution in [3.63, 3.8) is 0 Å². The second-order valence-corrected chi connectivity index (χ2v) is 3.51. The van der Waals surface area contributed by atoms with E-state index >= 15 is 0 Å². The number of benzene rings is 1. The van der Waals surface area contributed by atoms with E-state index in [0.29, 0.717) is 5.56 Å². The first kappa shape index (κ1) is 13.7. The Morgan fingerprint density at radius 3 is 2.07 bits per heavy atom. The molecule has 1 rings (SSSR count). The van der Waals surface area contributed by atoms with Gasteiger partial charge in [-0.15, -0.1) is 24.2 Å². The molecular weight excluding hydrogens is 228 g/mol. The molecule has 1 nitrogen and oxygen atoms in total. The minimum atomic E-state index is -2.50. The minimum Gasteiger partial charge on any atom is -0.319 e. The Bertz CT molecular complexity index is 266. The van der Waals surface area contributed by atoms with Crippen LogP contribution in [0, 0.1) is 0 Å². The van der Waals surface area contributed by atoms with Gasteiger partial charge in [-0.3, -0.25) is 0 Å². The summed E-state index contributed by atoms with van der Waals surface area (Å²) in [5.41, 5.74) is 5.75. The predicted octanol–water partition coefficient (Wildman–Crippen LogP) is 3.10. The Labute approximate surface area is 92.5 Å². The van der Waals surface area contributed by atoms with Gasteiger partial charge in [-0.2, -0.15) is 0 Å². The predicted molar refractivity (Wildman–Crippen MR) is 58.4 cm³/mol. The maximum Gasteiger partial charge on any atom is 0.257 e. The van der Waals surface area contributed by atoms with Crippen molar-refractivity contribution in [3.8, 4) is 0 Å². The molecule has 1 aromatic rings. The van der Waals surface area contributed by atoms with Crippen molar-refractivity contribution in [1.29, 1.82) is 0 Å². The van der Waals surface area contributed by atoms with Gasteiger partial charge in [-0.1, -0.05) is 12.1 Å². The van der Waals surface area contributed by atoms with E-state index in [1.165, 1.54) is 0 Å². The van der Waals surface area contributed by atoms with Crippen LogP contribution in [0.3, 0.4) is 0 Å². The van der Waals surface area contributed by atoms with Crippen molar-refractivity contribution in [2.24, 2.45) is 5.73 Å². The lowest BCUT2D eigenvalue weighted by Crippen LogP contribution is -2.18. The molecule has 0 aromatic heterocycles. The summed E-state index contributed by atoms with van der Waals surface area (Å²) in [6.07, 6.45) is -0.567. The van der Waals surface area contributed by atoms with Crippen molar-refractivity contribution in [1.82, 2.24) is 0 Å². The van der Waals surface area contributed by atoms with Crippen molar-refractivity contribution in [2.45, 2.75) is 17.4 Å². The zero-order chi connectivity index (χ0) is 9.84. The second-order valence-electron chi connectivity index (χ2n) is 2.63. The van der Waals surface area contributed by atoms with Crippen LogP contribution >= 0.6 is 24.2 Å². The molecule has 0 aliphatic rings. The molecule has 0 heterocycles. The lowest BCUT2D eigenvalue weighted by Gasteiger charge is -2.10. The van der Waals surface area contributed by atoms with Gasteiger partial charge in [0.1, 0.15) is 0 Å². The van der Waals surface area contributed by atoms with E-state index in [1.54, 1.807) is 36.0 Å². The molecule has 1 atom stereocenters. The summed E-state index contributed by atoms with van der Waals surface area (Å²) in [4.78, 5) is 1.05. The Balaban J connectivity index is 0.00000169. The molecule has 0 bridgehead atoms. The van der Waals surface area contributed by atoms with Gasteiger partial charge in [0.2, 0.25) is 0 Å². The third kappa shape index (κ3) is 3.44. The maximum atomic E-state index is 12.2. The monoisotopic (exact) mass is 239 g/mol. The molecule has 0 fully saturated rings. The van der Waals surface area contributed by atoms with E-state index < -0.39 is 12.5 Å². The molecule has 0 amide bonds. The second kappa shape index (κ2) is 6.22. The van der Waals surface area contributed by atoms with Crippen molar-refractivity contribution in [3.05, 3.63) is 29.8 Å². The fraction of sp³-hybridized carbons (Fsp3) is 0.333. The van der Waals surface area contributed by atoms with Gasteiger partial charge >= 0.3 is 0 Å². The number of rotatable bonds is 3. The number of halogens is 3. The van der Waals surface area contributed by atoms with Crippen LogP contribution in [0.1, 0.15) is 11.6 Å². The summed E-state index contributed by atoms with van der Waals surface area (Å²) in [5, 5.41) is 0. The summed E-state index contributed by atoms with van der Waals surface area (Å²) < 4.78 is 24.3. The number of alkyl halides is 2. The van der Waals surface area contributed by atoms with Gasteiger partial charge in [0.15, 0.2) is 0 Å². The first-order valence-corrected chi connectivity index (χ1v) is 5.05. The molecule has 5 heteroatoms. The molecule has 1 aromatic carbocycles. The highest BCUT2D eigenvalue weighted by Gasteiger charge is 2.16. The highest BCUT2D eigenvalue weighted by molar-refractivity contribution is 7.98. The van der Waals surface area contributed by atoms with Crippen molar-refractivity contribution in [2.75, 3.05) is 6.26 Å². The Morgan fingerprint density at radius 2 is 1.71 bits per heavy atom. The van der Waals surface area contributed by atoms with E-state index in [4.69, 9.17) is 5.73 Å². The third-order valence-electron chi connectivity index (χ3n) is 1.77. The molecule has 0 saturated heterocycles. The van der Waals surface area contributed by atoms with Crippen LogP contribution in [0.5, 0.6) is 0 Å². The van der Waals surface area contributed by atoms with E-state index in [2.05, 4.69) is 0 Å². The molecule has 0 radical (unpaired) electrons. The van der Waals surface area contributed by atoms with E-state index in [-0.39, 0.29) is 12.4 Å². The van der Waals surface area contributed by atoms with Gasteiger partial charge in [0.25, 0.3) is 6.43 Å². The van der Waals surface area contributed by atoms with Crippen molar-refractivity contribution >= 4 is 24.2 Å². The zero-order valence-corrected chi connectivity index (χ0v) is 9.25. The van der Waals surface area contributed by atoms with Gasteiger partial charge in [0.05, 0.1) is 6.04 Å². The first-order valence-electron chi connectivity index (χ1n) is 3.83. The molecule has 0 spiro atoms. The van der Waals surface area contributed by atoms with Crippen LogP contribution in [0.25, 0.3) is 0 Å². The van der Waals surface area contributed by atoms with E-state index in [0.717, 1.165) is 4.90 Å². The van der Waals surface area contributed by atoms with Crippen LogP contribution in [0.4, 0.5) is 8.78 Å². The van der Waals surface area contributed by atoms with Crippen LogP contribution in [-0.4, -0.2) is 12.7 Å². The first-order chi connectivity index (χ1) is 6.15. The van der Waals surface area contributed by atoms with Crippen LogP contribution < -0.4 is 5.73 Å². The smallest absolute Gasteiger partial charge is 0.257 e. The van der Waals surface area contributed by atoms with Gasteiger partial charge in [0, 0.05) is 4.90 Å². The van der Waals surface area contributed by atoms with Crippen LogP contribution in [0.2, 0.25) is 0 Å². The Kier molecular flexibility index (Phi) is 6.08. The maximum absolute atomic E-state index is 12.2. The molecule has 0 aliphatic carbocycles. The summed E-state index contributed by atoms with van der Waals surface area (Å²) in [7, 11) is 0. The molecule has 0 saturated carbocycles. The summed E-state index contributed by atoms with van der Waals surface area (Å²) in [6.45, 7) is 0. The summed E-state index contributed by atoms with van der Waals surface area (Å²) in [5.74, 6) is 0. The van der Waals surface area contributed by atoms with Crippen LogP contribution in [0.15, 0.2) is 29.2 Å². The quantitative estimate of drug-likeness (QED) is 0.821. The molecule has 2 N–H and O–H groups in total. The molecular formula is C9H12ClF2NS. The number of hydrogen-bond donors (Lipinski definition) is 1. The van der Waals surface area contributed by atoms with Gasteiger partial charge in [-0.05, 0) is 24.0 Å². The average Bonchev–Trinajstić information content (AvgIpc) is 2.17. The van der Waals surface area contributed by atoms with Crippen LogP contribution in [-0.2, 0) is 0 Å². The zero-order valence-electron chi connectivity index (χ0n) is 7.61. The summed E-state index contributed by atoms with van der Waals surface area (Å²) >= 11 is 1.57.